The third kappa shape index (κ3) is 2.55. The molecule has 92 valence electrons. The Hall–Kier alpha value is -1.63. The largest absolute Gasteiger partial charge is 0.283 e. The minimum absolute atomic E-state index is 0.121. The van der Waals surface area contributed by atoms with Crippen LogP contribution in [0.4, 0.5) is 11.4 Å². The number of aryl methyl sites for hydroxylation is 1. The van der Waals surface area contributed by atoms with E-state index < -0.39 is 14.9 Å². The van der Waals surface area contributed by atoms with Crippen molar-refractivity contribution < 1.29 is 13.3 Å². The van der Waals surface area contributed by atoms with Crippen LogP contribution in [0.15, 0.2) is 18.2 Å². The lowest BCUT2D eigenvalue weighted by Gasteiger charge is -2.09. The number of rotatable bonds is 4. The van der Waals surface area contributed by atoms with Gasteiger partial charge in [-0.2, -0.15) is 0 Å². The van der Waals surface area contributed by atoms with Crippen molar-refractivity contribution in [3.05, 3.63) is 33.9 Å². The molecule has 1 saturated carbocycles. The summed E-state index contributed by atoms with van der Waals surface area (Å²) in [5.41, 5.74) is 0.829. The maximum Gasteiger partial charge on any atom is 0.271 e. The van der Waals surface area contributed by atoms with E-state index >= 15 is 0 Å². The second kappa shape index (κ2) is 3.99. The maximum absolute atomic E-state index is 11.7. The molecule has 0 unspecified atom stereocenters. The molecule has 1 N–H and O–H groups in total. The van der Waals surface area contributed by atoms with Crippen molar-refractivity contribution in [1.82, 2.24) is 0 Å². The van der Waals surface area contributed by atoms with E-state index in [2.05, 4.69) is 4.72 Å². The van der Waals surface area contributed by atoms with Crippen LogP contribution in [0.1, 0.15) is 18.4 Å². The van der Waals surface area contributed by atoms with E-state index in [-0.39, 0.29) is 16.6 Å². The first kappa shape index (κ1) is 11.8. The Balaban J connectivity index is 2.31. The summed E-state index contributed by atoms with van der Waals surface area (Å²) in [6.07, 6.45) is 1.31. The molecule has 0 radical (unpaired) electrons. The average molecular weight is 256 g/mol. The van der Waals surface area contributed by atoms with E-state index in [1.54, 1.807) is 6.92 Å². The number of nitro groups is 1. The molecule has 6 nitrogen and oxygen atoms in total. The predicted molar refractivity (Wildman–Crippen MR) is 63.4 cm³/mol. The van der Waals surface area contributed by atoms with Crippen molar-refractivity contribution >= 4 is 21.4 Å². The molecule has 2 rings (SSSR count). The molecule has 1 aliphatic carbocycles. The smallest absolute Gasteiger partial charge is 0.271 e. The molecule has 0 heterocycles. The van der Waals surface area contributed by atoms with Gasteiger partial charge in [0.2, 0.25) is 10.0 Å². The standard InChI is InChI=1S/C10H12N2O4S/c1-7-2-3-8(12(13)14)6-10(7)11-17(15,16)9-4-5-9/h2-3,6,9,11H,4-5H2,1H3. The summed E-state index contributed by atoms with van der Waals surface area (Å²) in [5, 5.41) is 10.3. The van der Waals surface area contributed by atoms with Crippen LogP contribution >= 0.6 is 0 Å². The fourth-order valence-electron chi connectivity index (χ4n) is 1.45. The predicted octanol–water partition coefficient (Wildman–Crippen LogP) is 1.81. The summed E-state index contributed by atoms with van der Waals surface area (Å²) in [6, 6.07) is 4.13. The summed E-state index contributed by atoms with van der Waals surface area (Å²) >= 11 is 0. The van der Waals surface area contributed by atoms with Crippen LogP contribution in [0.5, 0.6) is 0 Å². The lowest BCUT2D eigenvalue weighted by Crippen LogP contribution is -2.18. The van der Waals surface area contributed by atoms with E-state index in [0.717, 1.165) is 0 Å². The minimum Gasteiger partial charge on any atom is -0.283 e. The number of non-ortho nitro benzene ring substituents is 1. The number of nitro benzene ring substituents is 1. The second-order valence-corrected chi connectivity index (χ2v) is 6.06. The molecule has 0 atom stereocenters. The minimum atomic E-state index is -3.38. The molecular formula is C10H12N2O4S. The number of benzene rings is 1. The van der Waals surface area contributed by atoms with E-state index in [1.807, 2.05) is 0 Å². The lowest BCUT2D eigenvalue weighted by molar-refractivity contribution is -0.384. The monoisotopic (exact) mass is 256 g/mol. The van der Waals surface area contributed by atoms with E-state index in [1.165, 1.54) is 18.2 Å². The first-order valence-electron chi connectivity index (χ1n) is 5.17. The molecule has 0 spiro atoms. The number of hydrogen-bond acceptors (Lipinski definition) is 4. The van der Waals surface area contributed by atoms with E-state index in [0.29, 0.717) is 18.4 Å². The fraction of sp³-hybridized carbons (Fsp3) is 0.400. The highest BCUT2D eigenvalue weighted by molar-refractivity contribution is 7.93. The first-order chi connectivity index (χ1) is 7.90. The molecule has 0 aliphatic heterocycles. The Morgan fingerprint density at radius 3 is 2.59 bits per heavy atom. The van der Waals surface area contributed by atoms with Gasteiger partial charge >= 0.3 is 0 Å². The molecule has 0 aromatic heterocycles. The molecule has 1 aromatic rings. The zero-order chi connectivity index (χ0) is 12.6. The van der Waals surface area contributed by atoms with Gasteiger partial charge in [0.15, 0.2) is 0 Å². The van der Waals surface area contributed by atoms with Gasteiger partial charge in [-0.25, -0.2) is 8.42 Å². The number of nitrogens with one attached hydrogen (secondary N) is 1. The van der Waals surface area contributed by atoms with Crippen LogP contribution in [0.3, 0.4) is 0 Å². The maximum atomic E-state index is 11.7. The molecule has 0 bridgehead atoms. The van der Waals surface area contributed by atoms with Gasteiger partial charge in [0.1, 0.15) is 0 Å². The summed E-state index contributed by atoms with van der Waals surface area (Å²) in [7, 11) is -3.38. The molecule has 1 aromatic carbocycles. The summed E-state index contributed by atoms with van der Waals surface area (Å²) in [6.45, 7) is 1.70. The molecule has 7 heteroatoms. The number of anilines is 1. The molecular weight excluding hydrogens is 244 g/mol. The third-order valence-corrected chi connectivity index (χ3v) is 4.50. The average Bonchev–Trinajstić information content (AvgIpc) is 3.04. The Bertz CT molecular complexity index is 564. The second-order valence-electron chi connectivity index (χ2n) is 4.10. The summed E-state index contributed by atoms with van der Waals surface area (Å²) in [4.78, 5) is 10.1. The highest BCUT2D eigenvalue weighted by atomic mass is 32.2. The topological polar surface area (TPSA) is 89.3 Å². The van der Waals surface area contributed by atoms with Gasteiger partial charge < -0.3 is 0 Å². The van der Waals surface area contributed by atoms with Gasteiger partial charge in [-0.15, -0.1) is 0 Å². The van der Waals surface area contributed by atoms with Crippen molar-refractivity contribution in [2.24, 2.45) is 0 Å². The third-order valence-electron chi connectivity index (χ3n) is 2.65. The number of hydrogen-bond donors (Lipinski definition) is 1. The molecule has 0 amide bonds. The molecule has 0 saturated heterocycles. The van der Waals surface area contributed by atoms with Crippen molar-refractivity contribution in [3.8, 4) is 0 Å². The summed E-state index contributed by atoms with van der Waals surface area (Å²) < 4.78 is 25.8. The van der Waals surface area contributed by atoms with Crippen LogP contribution < -0.4 is 4.72 Å². The van der Waals surface area contributed by atoms with Gasteiger partial charge in [-0.05, 0) is 25.3 Å². The summed E-state index contributed by atoms with van der Waals surface area (Å²) in [5.74, 6) is 0. The van der Waals surface area contributed by atoms with Crippen molar-refractivity contribution in [2.45, 2.75) is 25.0 Å². The Morgan fingerprint density at radius 2 is 2.06 bits per heavy atom. The highest BCUT2D eigenvalue weighted by Crippen LogP contribution is 2.31. The molecule has 17 heavy (non-hydrogen) atoms. The van der Waals surface area contributed by atoms with Crippen LogP contribution in [0, 0.1) is 17.0 Å². The van der Waals surface area contributed by atoms with Crippen LogP contribution in [0.2, 0.25) is 0 Å². The van der Waals surface area contributed by atoms with E-state index in [9.17, 15) is 18.5 Å². The lowest BCUT2D eigenvalue weighted by atomic mass is 10.2. The zero-order valence-electron chi connectivity index (χ0n) is 9.21. The van der Waals surface area contributed by atoms with Gasteiger partial charge in [0, 0.05) is 12.1 Å². The van der Waals surface area contributed by atoms with Gasteiger partial charge in [-0.1, -0.05) is 6.07 Å². The van der Waals surface area contributed by atoms with Crippen molar-refractivity contribution in [1.29, 1.82) is 0 Å². The van der Waals surface area contributed by atoms with E-state index in [4.69, 9.17) is 0 Å². The molecule has 1 fully saturated rings. The number of nitrogens with zero attached hydrogens (tertiary/aromatic N) is 1. The molecule has 1 aliphatic rings. The first-order valence-corrected chi connectivity index (χ1v) is 6.71. The van der Waals surface area contributed by atoms with Gasteiger partial charge in [0.05, 0.1) is 15.9 Å². The Kier molecular flexibility index (Phi) is 2.78. The van der Waals surface area contributed by atoms with Crippen molar-refractivity contribution in [2.75, 3.05) is 4.72 Å². The number of sulfonamides is 1. The Morgan fingerprint density at radius 1 is 1.41 bits per heavy atom. The highest BCUT2D eigenvalue weighted by Gasteiger charge is 2.36. The van der Waals surface area contributed by atoms with Crippen molar-refractivity contribution in [3.63, 3.8) is 0 Å². The zero-order valence-corrected chi connectivity index (χ0v) is 10.0. The van der Waals surface area contributed by atoms with Crippen LogP contribution in [-0.2, 0) is 10.0 Å². The fourth-order valence-corrected chi connectivity index (χ4v) is 2.90. The normalized spacial score (nSPS) is 15.6. The van der Waals surface area contributed by atoms with Gasteiger partial charge in [0.25, 0.3) is 5.69 Å². The van der Waals surface area contributed by atoms with Crippen LogP contribution in [-0.4, -0.2) is 18.6 Å². The van der Waals surface area contributed by atoms with Gasteiger partial charge in [-0.3, -0.25) is 14.8 Å². The van der Waals surface area contributed by atoms with Crippen LogP contribution in [0.25, 0.3) is 0 Å². The Labute approximate surface area is 98.8 Å². The quantitative estimate of drug-likeness (QED) is 0.657. The SMILES string of the molecule is Cc1ccc([N+](=O)[O-])cc1NS(=O)(=O)C1CC1.